The fourth-order valence-electron chi connectivity index (χ4n) is 2.02. The average Bonchev–Trinajstić information content (AvgIpc) is 2.41. The van der Waals surface area contributed by atoms with Gasteiger partial charge < -0.3 is 11.1 Å². The molecule has 1 amide bonds. The predicted octanol–water partition coefficient (Wildman–Crippen LogP) is 4.46. The van der Waals surface area contributed by atoms with Gasteiger partial charge >= 0.3 is 0 Å². The largest absolute Gasteiger partial charge is 0.398 e. The van der Waals surface area contributed by atoms with Crippen LogP contribution in [0.4, 0.5) is 5.69 Å². The van der Waals surface area contributed by atoms with E-state index in [-0.39, 0.29) is 5.91 Å². The highest BCUT2D eigenvalue weighted by Gasteiger charge is 2.24. The molecule has 3 nitrogen and oxygen atoms in total. The molecule has 0 spiro atoms. The number of anilines is 1. The van der Waals surface area contributed by atoms with Crippen molar-refractivity contribution in [1.82, 2.24) is 5.32 Å². The lowest BCUT2D eigenvalue weighted by atomic mass is 9.94. The van der Waals surface area contributed by atoms with Crippen molar-refractivity contribution in [3.8, 4) is 0 Å². The highest BCUT2D eigenvalue weighted by molar-refractivity contribution is 9.10. The second-order valence-corrected chi connectivity index (χ2v) is 7.15. The highest BCUT2D eigenvalue weighted by atomic mass is 79.9. The van der Waals surface area contributed by atoms with E-state index in [9.17, 15) is 4.79 Å². The number of nitrogen functional groups attached to an aromatic ring is 1. The molecule has 3 N–H and O–H groups in total. The second-order valence-electron chi connectivity index (χ2n) is 5.32. The van der Waals surface area contributed by atoms with Crippen LogP contribution in [0.15, 0.2) is 51.4 Å². The van der Waals surface area contributed by atoms with Crippen LogP contribution in [0, 0.1) is 0 Å². The lowest BCUT2D eigenvalue weighted by Crippen LogP contribution is -2.41. The summed E-state index contributed by atoms with van der Waals surface area (Å²) in [6.07, 6.45) is 0. The minimum atomic E-state index is -0.494. The van der Waals surface area contributed by atoms with Crippen LogP contribution in [0.25, 0.3) is 0 Å². The van der Waals surface area contributed by atoms with Gasteiger partial charge in [-0.15, -0.1) is 0 Å². The molecule has 0 radical (unpaired) electrons. The summed E-state index contributed by atoms with van der Waals surface area (Å²) in [6, 6.07) is 13.1. The van der Waals surface area contributed by atoms with E-state index in [1.807, 2.05) is 44.2 Å². The second kappa shape index (κ2) is 6.20. The number of carbonyl (C=O) groups excluding carboxylic acids is 1. The van der Waals surface area contributed by atoms with Crippen LogP contribution in [0.5, 0.6) is 0 Å². The maximum absolute atomic E-state index is 12.5. The first-order valence-electron chi connectivity index (χ1n) is 6.43. The molecule has 0 aliphatic carbocycles. The molecule has 0 aliphatic heterocycles. The molecule has 5 heteroatoms. The van der Waals surface area contributed by atoms with Gasteiger partial charge in [0.05, 0.1) is 11.1 Å². The van der Waals surface area contributed by atoms with Crippen LogP contribution in [0.2, 0.25) is 0 Å². The summed E-state index contributed by atoms with van der Waals surface area (Å²) >= 11 is 6.76. The molecule has 110 valence electrons. The smallest absolute Gasteiger partial charge is 0.254 e. The van der Waals surface area contributed by atoms with Gasteiger partial charge in [0.2, 0.25) is 0 Å². The Morgan fingerprint density at radius 3 is 2.24 bits per heavy atom. The molecular formula is C16H16Br2N2O. The van der Waals surface area contributed by atoms with Crippen molar-refractivity contribution in [2.75, 3.05) is 5.73 Å². The summed E-state index contributed by atoms with van der Waals surface area (Å²) in [5, 5.41) is 3.02. The molecule has 0 atom stereocenters. The molecule has 0 saturated carbocycles. The van der Waals surface area contributed by atoms with E-state index in [2.05, 4.69) is 37.2 Å². The van der Waals surface area contributed by atoms with Gasteiger partial charge in [0, 0.05) is 14.6 Å². The number of nitrogens with two attached hydrogens (primary N) is 1. The topological polar surface area (TPSA) is 55.1 Å². The fraction of sp³-hybridized carbons (Fsp3) is 0.188. The van der Waals surface area contributed by atoms with Gasteiger partial charge in [-0.25, -0.2) is 0 Å². The predicted molar refractivity (Wildman–Crippen MR) is 93.2 cm³/mol. The van der Waals surface area contributed by atoms with Crippen LogP contribution in [-0.2, 0) is 5.54 Å². The van der Waals surface area contributed by atoms with Crippen LogP contribution < -0.4 is 11.1 Å². The molecule has 0 saturated heterocycles. The third-order valence-corrected chi connectivity index (χ3v) is 4.27. The van der Waals surface area contributed by atoms with Gasteiger partial charge in [-0.1, -0.05) is 44.0 Å². The van der Waals surface area contributed by atoms with Gasteiger partial charge in [0.1, 0.15) is 0 Å². The zero-order valence-electron chi connectivity index (χ0n) is 11.8. The summed E-state index contributed by atoms with van der Waals surface area (Å²) in [5.41, 5.74) is 7.33. The summed E-state index contributed by atoms with van der Waals surface area (Å²) < 4.78 is 1.83. The van der Waals surface area contributed by atoms with Crippen LogP contribution >= 0.6 is 31.9 Å². The summed E-state index contributed by atoms with van der Waals surface area (Å²) in [6.45, 7) is 3.92. The number of benzene rings is 2. The Hall–Kier alpha value is -1.33. The van der Waals surface area contributed by atoms with E-state index < -0.39 is 5.54 Å². The molecule has 21 heavy (non-hydrogen) atoms. The third kappa shape index (κ3) is 3.86. The van der Waals surface area contributed by atoms with Crippen molar-refractivity contribution in [2.45, 2.75) is 19.4 Å². The molecule has 0 fully saturated rings. The average molecular weight is 412 g/mol. The highest BCUT2D eigenvalue weighted by Crippen LogP contribution is 2.24. The van der Waals surface area contributed by atoms with E-state index in [0.29, 0.717) is 11.3 Å². The first-order chi connectivity index (χ1) is 9.79. The van der Waals surface area contributed by atoms with Gasteiger partial charge in [0.15, 0.2) is 0 Å². The lowest BCUT2D eigenvalue weighted by molar-refractivity contribution is 0.0913. The zero-order chi connectivity index (χ0) is 15.6. The van der Waals surface area contributed by atoms with Gasteiger partial charge in [0.25, 0.3) is 5.91 Å². The monoisotopic (exact) mass is 410 g/mol. The van der Waals surface area contributed by atoms with Crippen LogP contribution in [-0.4, -0.2) is 5.91 Å². The van der Waals surface area contributed by atoms with Crippen molar-refractivity contribution in [2.24, 2.45) is 0 Å². The first kappa shape index (κ1) is 16.0. The molecule has 0 aliphatic rings. The molecule has 0 unspecified atom stereocenters. The van der Waals surface area contributed by atoms with E-state index in [1.165, 1.54) is 0 Å². The van der Waals surface area contributed by atoms with Crippen molar-refractivity contribution >= 4 is 43.5 Å². The van der Waals surface area contributed by atoms with E-state index in [1.54, 1.807) is 12.1 Å². The standard InChI is InChI=1S/C16H16Br2N2O/c1-16(2,10-3-5-11(17)6-4-10)20-15(21)13-9-12(18)7-8-14(13)19/h3-9H,19H2,1-2H3,(H,20,21). The number of carbonyl (C=O) groups is 1. The molecule has 0 bridgehead atoms. The van der Waals surface area contributed by atoms with E-state index in [0.717, 1.165) is 14.5 Å². The van der Waals surface area contributed by atoms with Crippen LogP contribution in [0.3, 0.4) is 0 Å². The molecule has 2 aromatic carbocycles. The van der Waals surface area contributed by atoms with Gasteiger partial charge in [-0.3, -0.25) is 4.79 Å². The molecule has 2 aromatic rings. The number of hydrogen-bond donors (Lipinski definition) is 2. The van der Waals surface area contributed by atoms with E-state index in [4.69, 9.17) is 5.73 Å². The molecule has 0 heterocycles. The summed E-state index contributed by atoms with van der Waals surface area (Å²) in [5.74, 6) is -0.193. The number of rotatable bonds is 3. The number of hydrogen-bond acceptors (Lipinski definition) is 2. The quantitative estimate of drug-likeness (QED) is 0.732. The Bertz CT molecular complexity index is 666. The maximum Gasteiger partial charge on any atom is 0.254 e. The van der Waals surface area contributed by atoms with Crippen molar-refractivity contribution in [3.05, 3.63) is 62.5 Å². The Morgan fingerprint density at radius 2 is 1.62 bits per heavy atom. The first-order valence-corrected chi connectivity index (χ1v) is 8.02. The number of nitrogens with one attached hydrogen (secondary N) is 1. The van der Waals surface area contributed by atoms with Gasteiger partial charge in [-0.2, -0.15) is 0 Å². The van der Waals surface area contributed by atoms with E-state index >= 15 is 0 Å². The molecule has 2 rings (SSSR count). The number of amides is 1. The van der Waals surface area contributed by atoms with Crippen molar-refractivity contribution < 1.29 is 4.79 Å². The minimum Gasteiger partial charge on any atom is -0.398 e. The summed E-state index contributed by atoms with van der Waals surface area (Å²) in [4.78, 5) is 12.5. The molecule has 0 aromatic heterocycles. The SMILES string of the molecule is CC(C)(NC(=O)c1cc(Br)ccc1N)c1ccc(Br)cc1. The Kier molecular flexibility index (Phi) is 4.74. The maximum atomic E-state index is 12.5. The van der Waals surface area contributed by atoms with Crippen molar-refractivity contribution in [1.29, 1.82) is 0 Å². The Morgan fingerprint density at radius 1 is 1.05 bits per heavy atom. The number of halogens is 2. The lowest BCUT2D eigenvalue weighted by Gasteiger charge is -2.27. The Balaban J connectivity index is 2.25. The Labute approximate surface area is 141 Å². The van der Waals surface area contributed by atoms with Crippen molar-refractivity contribution in [3.63, 3.8) is 0 Å². The zero-order valence-corrected chi connectivity index (χ0v) is 15.0. The van der Waals surface area contributed by atoms with Gasteiger partial charge in [-0.05, 0) is 49.7 Å². The van der Waals surface area contributed by atoms with Crippen LogP contribution in [0.1, 0.15) is 29.8 Å². The minimum absolute atomic E-state index is 0.193. The fourth-order valence-corrected chi connectivity index (χ4v) is 2.64. The third-order valence-electron chi connectivity index (χ3n) is 3.25. The summed E-state index contributed by atoms with van der Waals surface area (Å²) in [7, 11) is 0. The molecular weight excluding hydrogens is 396 g/mol. The normalized spacial score (nSPS) is 11.2.